The Morgan fingerprint density at radius 2 is 0.714 bits per heavy atom. The van der Waals surface area contributed by atoms with Crippen LogP contribution in [0.4, 0.5) is 0 Å². The molecule has 1 aromatic heterocycles. The zero-order valence-corrected chi connectivity index (χ0v) is 97.8. The number of hydrogen-bond acceptors (Lipinski definition) is 8. The van der Waals surface area contributed by atoms with E-state index in [1.54, 1.807) is 0 Å². The van der Waals surface area contributed by atoms with Crippen molar-refractivity contribution in [3.63, 3.8) is 0 Å². The smallest absolute Gasteiger partial charge is 0.225 e. The minimum Gasteiger partial charge on any atom is -0.334 e. The summed E-state index contributed by atoms with van der Waals surface area (Å²) < 4.78 is 10.8. The molecule has 15 saturated heterocycles. The molecule has 17 heterocycles. The fraction of sp³-hybridized carbons (Fsp3) is 0.892. The topological polar surface area (TPSA) is 153 Å². The highest BCUT2D eigenvalue weighted by atomic mass is 16.2. The molecule has 20 nitrogen and oxygen atoms in total. The first-order chi connectivity index (χ1) is 65.2. The molecule has 16 aliphatic rings. The monoisotopic (exact) mass is 1960 g/mol. The average Bonchev–Trinajstić information content (AvgIpc) is 1.60. The average molecular weight is 1960 g/mol. The third-order valence-corrected chi connectivity index (χ3v) is 41.8. The molecule has 0 saturated carbocycles. The predicted molar refractivity (Wildman–Crippen MR) is 576 cm³/mol. The number of rotatable bonds is 24. The van der Waals surface area contributed by atoms with E-state index in [-0.39, 0.29) is 53.3 Å². The predicted octanol–water partition coefficient (Wildman–Crippen LogP) is 21.4. The van der Waals surface area contributed by atoms with Gasteiger partial charge in [-0.05, 0) is 160 Å². The van der Waals surface area contributed by atoms with Gasteiger partial charge in [-0.1, -0.05) is 111 Å². The standard InChI is InChI=1S/C17H32NO.C16H30NO.C15H29N2O.2C15H28NO.2C14H27N2O.C14H21N2O/c1-12(2)17(19)11-14-9-15-7-6-8-16(10-14)18(15,5)13(3)4;1-11(2)16(18)10-13-8-14-6-7-15(9-13)17(14,5)12(3)4;1-11(2)15(18)16-9-13-7-6-8-14(10-16)17(13,5)12(3)4;1-12(2)14(17)11-15-7-5-9-16(15,13(3)4)10-6-8-15;1-11(2)15(17)10-13-7-9-16(12(3)4)8-5-6-14(13)16;1-10(2)14(17)15-8-13-7-6-12(15)9-16(13,5)11(3)4;1-10(2)14(17)15-8-12-6-7-13(9-15)16(12,5)11(3)4;1-10(2)14(17)16-7-12-5-6-15(11(3)4)8-13(12)9-16/h12-16H,6-11H2,1-5H3;11-15H,6-10H2,1-5H3;11-14H,6-10H2,1-5H3;12-13H,5-11H2,1-4H3;11-14H,5-10H2,1-4H3;2*10-13H,6-9H2,1-5H3;5-6,8,10-11H,7,9H2,1-4H3/q8*+1. The van der Waals surface area contributed by atoms with Crippen molar-refractivity contribution in [3.8, 4) is 0 Å². The summed E-state index contributed by atoms with van der Waals surface area (Å²) in [5, 5.41) is 0. The van der Waals surface area contributed by atoms with Gasteiger partial charge in [0, 0.05) is 206 Å². The highest BCUT2D eigenvalue weighted by molar-refractivity contribution is 5.83. The van der Waals surface area contributed by atoms with E-state index in [9.17, 15) is 38.4 Å². The molecule has 14 atom stereocenters. The van der Waals surface area contributed by atoms with Crippen LogP contribution < -0.4 is 4.57 Å². The quantitative estimate of drug-likeness (QED) is 0.0732. The zero-order valence-electron chi connectivity index (χ0n) is 97.8. The lowest BCUT2D eigenvalue weighted by atomic mass is 9.73. The number of piperidine rings is 6. The lowest BCUT2D eigenvalue weighted by molar-refractivity contribution is -0.985. The second kappa shape index (κ2) is 49.3. The maximum atomic E-state index is 12.2. The van der Waals surface area contributed by atoms with Gasteiger partial charge in [-0.2, -0.15) is 0 Å². The molecule has 802 valence electrons. The summed E-state index contributed by atoms with van der Waals surface area (Å²) in [5.41, 5.74) is 2.89. The van der Waals surface area contributed by atoms with Gasteiger partial charge in [-0.15, -0.1) is 0 Å². The number of carbonyl (C=O) groups excluding carboxylic acids is 8. The van der Waals surface area contributed by atoms with Crippen LogP contribution in [0.5, 0.6) is 0 Å². The number of Topliss-reactive ketones (excluding diaryl/α,β-unsaturated/α-hetero) is 4. The summed E-state index contributed by atoms with van der Waals surface area (Å²) in [6.45, 7) is 82.4. The Kier molecular flexibility index (Phi) is 41.9. The molecule has 0 N–H and O–H groups in total. The fourth-order valence-corrected chi connectivity index (χ4v) is 30.9. The van der Waals surface area contributed by atoms with Crippen molar-refractivity contribution in [3.05, 3.63) is 29.6 Å². The van der Waals surface area contributed by atoms with E-state index in [1.807, 2.05) is 116 Å². The summed E-state index contributed by atoms with van der Waals surface area (Å²) in [5.74, 6) is 6.59. The molecule has 0 spiro atoms. The van der Waals surface area contributed by atoms with Crippen LogP contribution in [0, 0.1) is 65.1 Å². The van der Waals surface area contributed by atoms with E-state index < -0.39 is 0 Å². The molecule has 20 heteroatoms. The van der Waals surface area contributed by atoms with Crippen molar-refractivity contribution in [2.75, 3.05) is 101 Å². The van der Waals surface area contributed by atoms with Crippen LogP contribution in [0.25, 0.3) is 0 Å². The van der Waals surface area contributed by atoms with Crippen LogP contribution in [0.2, 0.25) is 0 Å². The molecule has 4 amide bonds. The van der Waals surface area contributed by atoms with Crippen molar-refractivity contribution in [1.29, 1.82) is 0 Å². The number of fused-ring (bicyclic) bond motifs is 14. The summed E-state index contributed by atoms with van der Waals surface area (Å²) >= 11 is 0. The number of piperazine rings is 3. The molecule has 10 bridgehead atoms. The molecule has 140 heavy (non-hydrogen) atoms. The molecule has 1 aromatic rings. The summed E-state index contributed by atoms with van der Waals surface area (Å²) in [6, 6.07) is 15.3. The van der Waals surface area contributed by atoms with Crippen molar-refractivity contribution in [2.45, 2.75) is 528 Å². The van der Waals surface area contributed by atoms with Gasteiger partial charge in [0.05, 0.1) is 192 Å². The lowest BCUT2D eigenvalue weighted by Crippen LogP contribution is -2.73. The lowest BCUT2D eigenvalue weighted by Gasteiger charge is -2.58. The molecule has 0 aliphatic carbocycles. The molecule has 14 unspecified atom stereocenters. The number of aromatic nitrogens is 1. The van der Waals surface area contributed by atoms with Crippen LogP contribution in [0.3, 0.4) is 0 Å². The Hall–Kier alpha value is -4.57. The first kappa shape index (κ1) is 119. The number of ketones is 4. The number of pyridine rings is 1. The van der Waals surface area contributed by atoms with Gasteiger partial charge in [0.15, 0.2) is 18.4 Å². The van der Waals surface area contributed by atoms with E-state index >= 15 is 0 Å². The number of quaternary nitrogens is 7. The van der Waals surface area contributed by atoms with Crippen molar-refractivity contribution in [2.24, 2.45) is 65.1 Å². The number of amides is 4. The van der Waals surface area contributed by atoms with Crippen LogP contribution in [-0.4, -0.2) is 313 Å². The third kappa shape index (κ3) is 25.8. The molecule has 0 radical (unpaired) electrons. The van der Waals surface area contributed by atoms with Gasteiger partial charge in [0.2, 0.25) is 23.6 Å². The van der Waals surface area contributed by atoms with Crippen LogP contribution in [-0.2, 0) is 51.4 Å². The van der Waals surface area contributed by atoms with Gasteiger partial charge >= 0.3 is 0 Å². The highest BCUT2D eigenvalue weighted by Crippen LogP contribution is 2.53. The van der Waals surface area contributed by atoms with Gasteiger partial charge in [-0.3, -0.25) is 38.4 Å². The number of likely N-dealkylation sites (tertiary alicyclic amines) is 2. The largest absolute Gasteiger partial charge is 0.334 e. The van der Waals surface area contributed by atoms with Crippen LogP contribution in [0.15, 0.2) is 18.5 Å². The minimum atomic E-state index is 0.0848. The Bertz CT molecular complexity index is 4140. The molecule has 17 rings (SSSR count). The van der Waals surface area contributed by atoms with Crippen molar-refractivity contribution in [1.82, 2.24) is 19.6 Å². The zero-order chi connectivity index (χ0) is 105. The summed E-state index contributed by atoms with van der Waals surface area (Å²) in [4.78, 5) is 105. The van der Waals surface area contributed by atoms with E-state index in [0.29, 0.717) is 131 Å². The Morgan fingerprint density at radius 3 is 1.09 bits per heavy atom. The number of nitrogens with zero attached hydrogens (tertiary/aromatic N) is 12. The summed E-state index contributed by atoms with van der Waals surface area (Å²) in [7, 11) is 12.1. The van der Waals surface area contributed by atoms with E-state index in [0.717, 1.165) is 131 Å². The maximum absolute atomic E-state index is 12.2. The third-order valence-electron chi connectivity index (χ3n) is 41.8. The van der Waals surface area contributed by atoms with Gasteiger partial charge < -0.3 is 51.0 Å². The van der Waals surface area contributed by atoms with Gasteiger partial charge in [0.25, 0.3) is 0 Å². The Balaban J connectivity index is 0.000000179. The first-order valence-corrected chi connectivity index (χ1v) is 58.5. The van der Waals surface area contributed by atoms with E-state index in [4.69, 9.17) is 0 Å². The Labute approximate surface area is 859 Å². The first-order valence-electron chi connectivity index (χ1n) is 58.5. The highest BCUT2D eigenvalue weighted by Gasteiger charge is 2.62. The fourth-order valence-electron chi connectivity index (χ4n) is 30.9. The number of carbonyl (C=O) groups is 8. The number of likely N-dealkylation sites (N-methyl/N-ethyl adjacent to an activating group) is 3. The molecular weight excluding hydrogens is 1740 g/mol. The second-order valence-corrected chi connectivity index (χ2v) is 54.2. The van der Waals surface area contributed by atoms with Crippen molar-refractivity contribution >= 4 is 46.8 Å². The van der Waals surface area contributed by atoms with E-state index in [2.05, 4.69) is 184 Å². The SMILES string of the molecule is CC(C)C(=O)CC12CCC[N+]1(C(C)C)CCC2.CC(C)C(=O)CC1CC2CCC(C1)[N+]2(C)C(C)C.CC(C)C(=O)CC1CC2CCCC(C1)[N+]2(C)C(C)C.CC(C)C(=O)CC1CC[N+]2(C(C)C)CCCC12.CC(C)C(=O)N1CC2CCC(C1)[N+]2(C)C(C)C.CC(C)C(=O)N1CC2CCC1C[N+]2(C)C(C)C.CC(C)C(=O)N1CC2CCCC(C1)[N+]2(C)C(C)C.CC(C)C(=O)N1Cc2cc[n+](C(C)C)cc2C1. The van der Waals surface area contributed by atoms with Gasteiger partial charge in [-0.25, -0.2) is 4.57 Å². The maximum Gasteiger partial charge on any atom is 0.225 e. The molecule has 16 aliphatic heterocycles. The van der Waals surface area contributed by atoms with Crippen LogP contribution in [0.1, 0.15) is 412 Å². The normalized spacial score (nSPS) is 34.7. The Morgan fingerprint density at radius 1 is 0.343 bits per heavy atom. The second-order valence-electron chi connectivity index (χ2n) is 54.2. The van der Waals surface area contributed by atoms with E-state index in [1.165, 1.54) is 212 Å². The van der Waals surface area contributed by atoms with Crippen molar-refractivity contribution < 1.29 is 74.3 Å². The van der Waals surface area contributed by atoms with Crippen LogP contribution >= 0.6 is 0 Å². The number of hydrogen-bond donors (Lipinski definition) is 0. The van der Waals surface area contributed by atoms with Gasteiger partial charge in [0.1, 0.15) is 58.9 Å². The molecule has 15 fully saturated rings. The summed E-state index contributed by atoms with van der Waals surface area (Å²) in [6.07, 6.45) is 37.9. The molecule has 0 aromatic carbocycles. The minimum absolute atomic E-state index is 0.0848. The molecular formula is C120H222N12O8+8.